The molecule has 1 aromatic rings. The van der Waals surface area contributed by atoms with E-state index in [4.69, 9.17) is 0 Å². The van der Waals surface area contributed by atoms with Gasteiger partial charge in [-0.05, 0) is 25.0 Å². The molecular weight excluding hydrogens is 268 g/mol. The van der Waals surface area contributed by atoms with Crippen molar-refractivity contribution in [2.75, 3.05) is 20.2 Å². The normalized spacial score (nSPS) is 16.1. The third kappa shape index (κ3) is 2.79. The van der Waals surface area contributed by atoms with Gasteiger partial charge in [0.25, 0.3) is 5.91 Å². The van der Waals surface area contributed by atoms with Gasteiger partial charge in [-0.1, -0.05) is 6.07 Å². The standard InChI is InChI=1S/C14H15F2NO3/c1-20-14(19)9-5-7-17(8-6-9)13(18)10-3-2-4-11(15)12(10)16/h2-4,9H,5-8H2,1H3. The van der Waals surface area contributed by atoms with Gasteiger partial charge in [0, 0.05) is 13.1 Å². The molecule has 0 bridgehead atoms. The van der Waals surface area contributed by atoms with Gasteiger partial charge in [0.1, 0.15) is 0 Å². The Bertz CT molecular complexity index is 525. The molecule has 4 nitrogen and oxygen atoms in total. The summed E-state index contributed by atoms with van der Waals surface area (Å²) >= 11 is 0. The molecule has 0 unspecified atom stereocenters. The van der Waals surface area contributed by atoms with Crippen LogP contribution in [0, 0.1) is 17.6 Å². The molecule has 1 aromatic carbocycles. The lowest BCUT2D eigenvalue weighted by molar-refractivity contribution is -0.146. The van der Waals surface area contributed by atoms with E-state index in [0.717, 1.165) is 6.07 Å². The molecular formula is C14H15F2NO3. The Morgan fingerprint density at radius 3 is 2.50 bits per heavy atom. The fourth-order valence-corrected chi connectivity index (χ4v) is 2.32. The number of amides is 1. The maximum atomic E-state index is 13.6. The molecule has 6 heteroatoms. The van der Waals surface area contributed by atoms with Gasteiger partial charge in [-0.3, -0.25) is 9.59 Å². The highest BCUT2D eigenvalue weighted by Gasteiger charge is 2.29. The van der Waals surface area contributed by atoms with E-state index in [1.54, 1.807) is 0 Å². The Kier molecular flexibility index (Phi) is 4.32. The van der Waals surface area contributed by atoms with Crippen LogP contribution in [0.25, 0.3) is 0 Å². The number of halogens is 2. The highest BCUT2D eigenvalue weighted by atomic mass is 19.2. The number of piperidine rings is 1. The quantitative estimate of drug-likeness (QED) is 0.780. The van der Waals surface area contributed by atoms with E-state index >= 15 is 0 Å². The molecule has 0 saturated carbocycles. The Balaban J connectivity index is 2.05. The van der Waals surface area contributed by atoms with Crippen LogP contribution in [0.1, 0.15) is 23.2 Å². The summed E-state index contributed by atoms with van der Waals surface area (Å²) in [7, 11) is 1.32. The lowest BCUT2D eigenvalue weighted by atomic mass is 9.96. The summed E-state index contributed by atoms with van der Waals surface area (Å²) in [5.41, 5.74) is -0.276. The highest BCUT2D eigenvalue weighted by Crippen LogP contribution is 2.21. The van der Waals surface area contributed by atoms with Crippen LogP contribution in [0.3, 0.4) is 0 Å². The minimum absolute atomic E-state index is 0.235. The molecule has 1 amide bonds. The average Bonchev–Trinajstić information content (AvgIpc) is 2.48. The van der Waals surface area contributed by atoms with Crippen LogP contribution < -0.4 is 0 Å². The van der Waals surface area contributed by atoms with Gasteiger partial charge in [0.2, 0.25) is 0 Å². The summed E-state index contributed by atoms with van der Waals surface area (Å²) in [5.74, 6) is -3.26. The van der Waals surface area contributed by atoms with Gasteiger partial charge >= 0.3 is 5.97 Å². The van der Waals surface area contributed by atoms with Gasteiger partial charge in [-0.25, -0.2) is 8.78 Å². The van der Waals surface area contributed by atoms with E-state index in [2.05, 4.69) is 4.74 Å². The molecule has 1 saturated heterocycles. The number of carbonyl (C=O) groups excluding carboxylic acids is 2. The first-order valence-electron chi connectivity index (χ1n) is 6.35. The van der Waals surface area contributed by atoms with Gasteiger partial charge in [-0.15, -0.1) is 0 Å². The zero-order valence-corrected chi connectivity index (χ0v) is 11.1. The van der Waals surface area contributed by atoms with Crippen LogP contribution in [0.15, 0.2) is 18.2 Å². The molecule has 1 heterocycles. The fourth-order valence-electron chi connectivity index (χ4n) is 2.32. The zero-order valence-electron chi connectivity index (χ0n) is 11.1. The van der Waals surface area contributed by atoms with Crippen molar-refractivity contribution in [3.63, 3.8) is 0 Å². The SMILES string of the molecule is COC(=O)C1CCN(C(=O)c2cccc(F)c2F)CC1. The minimum atomic E-state index is -1.13. The average molecular weight is 283 g/mol. The maximum absolute atomic E-state index is 13.6. The van der Waals surface area contributed by atoms with Crippen LogP contribution >= 0.6 is 0 Å². The molecule has 0 atom stereocenters. The van der Waals surface area contributed by atoms with Gasteiger partial charge < -0.3 is 9.64 Å². The van der Waals surface area contributed by atoms with E-state index < -0.39 is 17.5 Å². The molecule has 1 aliphatic heterocycles. The monoisotopic (exact) mass is 283 g/mol. The smallest absolute Gasteiger partial charge is 0.308 e. The van der Waals surface area contributed by atoms with Crippen molar-refractivity contribution >= 4 is 11.9 Å². The fraction of sp³-hybridized carbons (Fsp3) is 0.429. The summed E-state index contributed by atoms with van der Waals surface area (Å²) in [6.45, 7) is 0.656. The van der Waals surface area contributed by atoms with Crippen molar-refractivity contribution in [3.05, 3.63) is 35.4 Å². The third-order valence-electron chi connectivity index (χ3n) is 3.50. The first-order valence-corrected chi connectivity index (χ1v) is 6.35. The molecule has 108 valence electrons. The first kappa shape index (κ1) is 14.4. The summed E-state index contributed by atoms with van der Waals surface area (Å²) in [5, 5.41) is 0. The third-order valence-corrected chi connectivity index (χ3v) is 3.50. The van der Waals surface area contributed by atoms with Crippen molar-refractivity contribution in [2.45, 2.75) is 12.8 Å². The highest BCUT2D eigenvalue weighted by molar-refractivity contribution is 5.94. The second-order valence-electron chi connectivity index (χ2n) is 4.69. The van der Waals surface area contributed by atoms with Crippen molar-refractivity contribution < 1.29 is 23.1 Å². The molecule has 0 radical (unpaired) electrons. The van der Waals surface area contributed by atoms with Crippen LogP contribution in [-0.2, 0) is 9.53 Å². The topological polar surface area (TPSA) is 46.6 Å². The van der Waals surface area contributed by atoms with Crippen molar-refractivity contribution in [2.24, 2.45) is 5.92 Å². The Morgan fingerprint density at radius 1 is 1.25 bits per heavy atom. The van der Waals surface area contributed by atoms with E-state index in [9.17, 15) is 18.4 Å². The van der Waals surface area contributed by atoms with Crippen molar-refractivity contribution in [1.82, 2.24) is 4.90 Å². The van der Waals surface area contributed by atoms with Gasteiger partial charge in [0.15, 0.2) is 11.6 Å². The molecule has 2 rings (SSSR count). The van der Waals surface area contributed by atoms with Crippen molar-refractivity contribution in [1.29, 1.82) is 0 Å². The summed E-state index contributed by atoms with van der Waals surface area (Å²) in [6.07, 6.45) is 0.935. The number of benzene rings is 1. The molecule has 1 aliphatic rings. The lowest BCUT2D eigenvalue weighted by Crippen LogP contribution is -2.40. The summed E-state index contributed by atoms with van der Waals surface area (Å²) in [4.78, 5) is 24.9. The predicted octanol–water partition coefficient (Wildman–Crippen LogP) is 1.99. The first-order chi connectivity index (χ1) is 9.54. The second-order valence-corrected chi connectivity index (χ2v) is 4.69. The van der Waals surface area contributed by atoms with Gasteiger partial charge in [0.05, 0.1) is 18.6 Å². The Hall–Kier alpha value is -1.98. The minimum Gasteiger partial charge on any atom is -0.469 e. The molecule has 0 spiro atoms. The van der Waals surface area contributed by atoms with Crippen LogP contribution in [0.4, 0.5) is 8.78 Å². The number of hydrogen-bond acceptors (Lipinski definition) is 3. The predicted molar refractivity (Wildman–Crippen MR) is 67.0 cm³/mol. The van der Waals surface area contributed by atoms with E-state index in [1.807, 2.05) is 0 Å². The molecule has 0 aromatic heterocycles. The molecule has 0 aliphatic carbocycles. The molecule has 20 heavy (non-hydrogen) atoms. The zero-order chi connectivity index (χ0) is 14.7. The van der Waals surface area contributed by atoms with E-state index in [-0.39, 0.29) is 17.5 Å². The summed E-state index contributed by atoms with van der Waals surface area (Å²) in [6, 6.07) is 3.52. The largest absolute Gasteiger partial charge is 0.469 e. The number of likely N-dealkylation sites (tertiary alicyclic amines) is 1. The Labute approximate surface area is 115 Å². The van der Waals surface area contributed by atoms with Gasteiger partial charge in [-0.2, -0.15) is 0 Å². The van der Waals surface area contributed by atoms with Crippen molar-refractivity contribution in [3.8, 4) is 0 Å². The van der Waals surface area contributed by atoms with Crippen LogP contribution in [0.5, 0.6) is 0 Å². The molecule has 0 N–H and O–H groups in total. The number of methoxy groups -OCH3 is 1. The lowest BCUT2D eigenvalue weighted by Gasteiger charge is -2.30. The van der Waals surface area contributed by atoms with Crippen LogP contribution in [0.2, 0.25) is 0 Å². The van der Waals surface area contributed by atoms with E-state index in [1.165, 1.54) is 24.1 Å². The number of ether oxygens (including phenoxy) is 1. The Morgan fingerprint density at radius 2 is 1.90 bits per heavy atom. The number of carbonyl (C=O) groups is 2. The van der Waals surface area contributed by atoms with Crippen LogP contribution in [-0.4, -0.2) is 37.0 Å². The number of nitrogens with zero attached hydrogens (tertiary/aromatic N) is 1. The number of hydrogen-bond donors (Lipinski definition) is 0. The molecule has 1 fully saturated rings. The number of esters is 1. The second kappa shape index (κ2) is 5.98. The summed E-state index contributed by atoms with van der Waals surface area (Å²) < 4.78 is 31.3. The van der Waals surface area contributed by atoms with E-state index in [0.29, 0.717) is 25.9 Å². The number of rotatable bonds is 2. The maximum Gasteiger partial charge on any atom is 0.308 e.